The van der Waals surface area contributed by atoms with Gasteiger partial charge in [0.2, 0.25) is 5.91 Å². The van der Waals surface area contributed by atoms with Crippen molar-refractivity contribution in [2.75, 3.05) is 19.8 Å². The predicted octanol–water partition coefficient (Wildman–Crippen LogP) is 2.21. The molecule has 1 heterocycles. The second kappa shape index (κ2) is 7.05. The third-order valence-electron chi connectivity index (χ3n) is 3.26. The lowest BCUT2D eigenvalue weighted by Gasteiger charge is -2.16. The highest BCUT2D eigenvalue weighted by atomic mass is 16.6. The van der Waals surface area contributed by atoms with E-state index in [2.05, 4.69) is 0 Å². The van der Waals surface area contributed by atoms with Crippen LogP contribution in [0.5, 0.6) is 0 Å². The highest BCUT2D eigenvalue weighted by molar-refractivity contribution is 5.94. The summed E-state index contributed by atoms with van der Waals surface area (Å²) in [6, 6.07) is 9.87. The maximum atomic E-state index is 12.0. The fourth-order valence-electron chi connectivity index (χ4n) is 2.01. The number of hydrogen-bond donors (Lipinski definition) is 0. The van der Waals surface area contributed by atoms with E-state index < -0.39 is 6.09 Å². The topological polar surface area (TPSA) is 55.8 Å². The van der Waals surface area contributed by atoms with Gasteiger partial charge in [0.15, 0.2) is 0 Å². The maximum absolute atomic E-state index is 12.0. The van der Waals surface area contributed by atoms with Crippen molar-refractivity contribution >= 4 is 12.0 Å². The van der Waals surface area contributed by atoms with E-state index in [1.807, 2.05) is 30.3 Å². The number of hydrogen-bond acceptors (Lipinski definition) is 4. The number of ether oxygens (including phenoxy) is 2. The number of benzene rings is 1. The van der Waals surface area contributed by atoms with E-state index >= 15 is 0 Å². The zero-order valence-electron chi connectivity index (χ0n) is 11.6. The molecule has 1 fully saturated rings. The molecule has 5 nitrogen and oxygen atoms in total. The standard InChI is InChI=1S/C15H19NO4/c1-12(14(17)16-8-10-20-15(16)18)7-9-19-11-13-5-3-2-4-6-13/h2-6,12H,7-11H2,1H3. The van der Waals surface area contributed by atoms with Crippen molar-refractivity contribution in [1.29, 1.82) is 0 Å². The molecular weight excluding hydrogens is 258 g/mol. The van der Waals surface area contributed by atoms with Crippen LogP contribution in [0.15, 0.2) is 30.3 Å². The molecule has 0 saturated carbocycles. The fourth-order valence-corrected chi connectivity index (χ4v) is 2.01. The van der Waals surface area contributed by atoms with Crippen LogP contribution in [0, 0.1) is 5.92 Å². The normalized spacial score (nSPS) is 16.1. The minimum atomic E-state index is -0.535. The smallest absolute Gasteiger partial charge is 0.416 e. The van der Waals surface area contributed by atoms with Crippen molar-refractivity contribution in [3.05, 3.63) is 35.9 Å². The van der Waals surface area contributed by atoms with Crippen LogP contribution in [-0.4, -0.2) is 36.7 Å². The van der Waals surface area contributed by atoms with Crippen LogP contribution >= 0.6 is 0 Å². The molecule has 0 aliphatic carbocycles. The molecular formula is C15H19NO4. The SMILES string of the molecule is CC(CCOCc1ccccc1)C(=O)N1CCOC1=O. The van der Waals surface area contributed by atoms with E-state index in [0.29, 0.717) is 32.8 Å². The Morgan fingerprint density at radius 1 is 1.40 bits per heavy atom. The lowest BCUT2D eigenvalue weighted by Crippen LogP contribution is -2.36. The molecule has 0 radical (unpaired) electrons. The number of carbonyl (C=O) groups is 2. The van der Waals surface area contributed by atoms with Crippen LogP contribution in [0.1, 0.15) is 18.9 Å². The molecule has 1 aliphatic heterocycles. The molecule has 1 aromatic carbocycles. The monoisotopic (exact) mass is 277 g/mol. The molecule has 0 aromatic heterocycles. The number of cyclic esters (lactones) is 1. The first-order chi connectivity index (χ1) is 9.68. The molecule has 2 amide bonds. The van der Waals surface area contributed by atoms with Gasteiger partial charge in [-0.05, 0) is 12.0 Å². The average Bonchev–Trinajstić information content (AvgIpc) is 2.90. The first-order valence-corrected chi connectivity index (χ1v) is 6.78. The third-order valence-corrected chi connectivity index (χ3v) is 3.26. The van der Waals surface area contributed by atoms with E-state index in [-0.39, 0.29) is 11.8 Å². The summed E-state index contributed by atoms with van der Waals surface area (Å²) in [5.74, 6) is -0.424. The maximum Gasteiger partial charge on any atom is 0.416 e. The van der Waals surface area contributed by atoms with Gasteiger partial charge in [-0.3, -0.25) is 4.79 Å². The zero-order valence-corrected chi connectivity index (χ0v) is 11.6. The van der Waals surface area contributed by atoms with Crippen LogP contribution in [0.4, 0.5) is 4.79 Å². The number of imide groups is 1. The van der Waals surface area contributed by atoms with Gasteiger partial charge >= 0.3 is 6.09 Å². The fraction of sp³-hybridized carbons (Fsp3) is 0.467. The van der Waals surface area contributed by atoms with Crippen molar-refractivity contribution in [1.82, 2.24) is 4.90 Å². The molecule has 1 unspecified atom stereocenters. The molecule has 0 N–H and O–H groups in total. The predicted molar refractivity (Wildman–Crippen MR) is 72.9 cm³/mol. The van der Waals surface area contributed by atoms with Gasteiger partial charge in [0, 0.05) is 12.5 Å². The van der Waals surface area contributed by atoms with Gasteiger partial charge in [0.05, 0.1) is 13.2 Å². The number of amides is 2. The van der Waals surface area contributed by atoms with E-state index in [4.69, 9.17) is 9.47 Å². The Kier molecular flexibility index (Phi) is 5.12. The summed E-state index contributed by atoms with van der Waals surface area (Å²) in [4.78, 5) is 24.4. The number of rotatable bonds is 6. The minimum Gasteiger partial charge on any atom is -0.447 e. The van der Waals surface area contributed by atoms with Gasteiger partial charge in [-0.1, -0.05) is 37.3 Å². The van der Waals surface area contributed by atoms with Gasteiger partial charge in [0.1, 0.15) is 6.61 Å². The Bertz CT molecular complexity index is 460. The number of nitrogens with zero attached hydrogens (tertiary/aromatic N) is 1. The summed E-state index contributed by atoms with van der Waals surface area (Å²) in [5.41, 5.74) is 1.11. The third kappa shape index (κ3) is 3.81. The highest BCUT2D eigenvalue weighted by Crippen LogP contribution is 2.13. The Morgan fingerprint density at radius 3 is 2.80 bits per heavy atom. The molecule has 0 spiro atoms. The van der Waals surface area contributed by atoms with E-state index in [9.17, 15) is 9.59 Å². The second-order valence-electron chi connectivity index (χ2n) is 4.83. The molecule has 2 rings (SSSR count). The lowest BCUT2D eigenvalue weighted by atomic mass is 10.1. The molecule has 1 saturated heterocycles. The molecule has 1 aliphatic rings. The molecule has 1 aromatic rings. The van der Waals surface area contributed by atoms with Crippen molar-refractivity contribution in [3.8, 4) is 0 Å². The van der Waals surface area contributed by atoms with Gasteiger partial charge in [-0.15, -0.1) is 0 Å². The first-order valence-electron chi connectivity index (χ1n) is 6.78. The van der Waals surface area contributed by atoms with Crippen molar-refractivity contribution in [2.24, 2.45) is 5.92 Å². The van der Waals surface area contributed by atoms with Crippen LogP contribution < -0.4 is 0 Å². The van der Waals surface area contributed by atoms with Crippen molar-refractivity contribution in [3.63, 3.8) is 0 Å². The number of carbonyl (C=O) groups excluding carboxylic acids is 2. The van der Waals surface area contributed by atoms with E-state index in [0.717, 1.165) is 5.56 Å². The summed E-state index contributed by atoms with van der Waals surface area (Å²) in [6.45, 7) is 3.48. The lowest BCUT2D eigenvalue weighted by molar-refractivity contribution is -0.132. The largest absolute Gasteiger partial charge is 0.447 e. The minimum absolute atomic E-state index is 0.184. The van der Waals surface area contributed by atoms with Crippen LogP contribution in [0.25, 0.3) is 0 Å². The zero-order chi connectivity index (χ0) is 14.4. The average molecular weight is 277 g/mol. The summed E-state index contributed by atoms with van der Waals surface area (Å²) in [5, 5.41) is 0. The molecule has 5 heteroatoms. The Hall–Kier alpha value is -1.88. The Balaban J connectivity index is 1.68. The quantitative estimate of drug-likeness (QED) is 0.748. The van der Waals surface area contributed by atoms with E-state index in [1.54, 1.807) is 6.92 Å². The van der Waals surface area contributed by atoms with Gasteiger partial charge in [-0.2, -0.15) is 0 Å². The Labute approximate surface area is 118 Å². The molecule has 20 heavy (non-hydrogen) atoms. The summed E-state index contributed by atoms with van der Waals surface area (Å²) in [7, 11) is 0. The van der Waals surface area contributed by atoms with E-state index in [1.165, 1.54) is 4.90 Å². The molecule has 1 atom stereocenters. The highest BCUT2D eigenvalue weighted by Gasteiger charge is 2.31. The van der Waals surface area contributed by atoms with Gasteiger partial charge in [-0.25, -0.2) is 9.69 Å². The second-order valence-corrected chi connectivity index (χ2v) is 4.83. The molecule has 108 valence electrons. The van der Waals surface area contributed by atoms with Gasteiger partial charge in [0.25, 0.3) is 0 Å². The first kappa shape index (κ1) is 14.5. The summed E-state index contributed by atoms with van der Waals surface area (Å²) in [6.07, 6.45) is 0.0576. The van der Waals surface area contributed by atoms with Crippen molar-refractivity contribution in [2.45, 2.75) is 20.0 Å². The summed E-state index contributed by atoms with van der Waals surface area (Å²) < 4.78 is 10.3. The Morgan fingerprint density at radius 2 is 2.15 bits per heavy atom. The van der Waals surface area contributed by atoms with Crippen LogP contribution in [0.3, 0.4) is 0 Å². The van der Waals surface area contributed by atoms with Crippen LogP contribution in [-0.2, 0) is 20.9 Å². The summed E-state index contributed by atoms with van der Waals surface area (Å²) >= 11 is 0. The van der Waals surface area contributed by atoms with Crippen molar-refractivity contribution < 1.29 is 19.1 Å². The van der Waals surface area contributed by atoms with Crippen LogP contribution in [0.2, 0.25) is 0 Å². The van der Waals surface area contributed by atoms with Gasteiger partial charge < -0.3 is 9.47 Å². The molecule has 0 bridgehead atoms.